The fourth-order valence-corrected chi connectivity index (χ4v) is 3.08. The Labute approximate surface area is 107 Å². The standard InChI is InChI=1S/C13H20O5/c1-12(2)15-6-9(16-12)7-5-8(14)11-10(7)17-13(3,4)18-11/h7,9-11H,5-6H2,1-4H3/t7?,9-,10-,11+/m1/s1. The smallest absolute Gasteiger partial charge is 0.164 e. The third-order valence-corrected chi connectivity index (χ3v) is 3.81. The number of ketones is 1. The van der Waals surface area contributed by atoms with E-state index in [9.17, 15) is 4.79 Å². The summed E-state index contributed by atoms with van der Waals surface area (Å²) in [5.74, 6) is -1.10. The maximum absolute atomic E-state index is 12.0. The summed E-state index contributed by atoms with van der Waals surface area (Å²) >= 11 is 0. The van der Waals surface area contributed by atoms with Crippen molar-refractivity contribution < 1.29 is 23.7 Å². The molecule has 0 aromatic rings. The lowest BCUT2D eigenvalue weighted by molar-refractivity contribution is -0.174. The Kier molecular flexibility index (Phi) is 2.62. The molecule has 102 valence electrons. The highest BCUT2D eigenvalue weighted by Gasteiger charge is 2.57. The van der Waals surface area contributed by atoms with Gasteiger partial charge in [0.15, 0.2) is 17.4 Å². The Balaban J connectivity index is 1.77. The van der Waals surface area contributed by atoms with Crippen LogP contribution in [0.1, 0.15) is 34.1 Å². The Hall–Kier alpha value is -0.490. The summed E-state index contributed by atoms with van der Waals surface area (Å²) in [5, 5.41) is 0. The van der Waals surface area contributed by atoms with E-state index >= 15 is 0 Å². The van der Waals surface area contributed by atoms with Gasteiger partial charge < -0.3 is 18.9 Å². The number of carbonyl (C=O) groups is 1. The van der Waals surface area contributed by atoms with Gasteiger partial charge >= 0.3 is 0 Å². The van der Waals surface area contributed by atoms with Gasteiger partial charge in [-0.1, -0.05) is 0 Å². The number of rotatable bonds is 1. The molecule has 4 atom stereocenters. The summed E-state index contributed by atoms with van der Waals surface area (Å²) in [5.41, 5.74) is 0. The molecular weight excluding hydrogens is 236 g/mol. The van der Waals surface area contributed by atoms with Crippen molar-refractivity contribution in [3.8, 4) is 0 Å². The van der Waals surface area contributed by atoms with E-state index in [4.69, 9.17) is 18.9 Å². The van der Waals surface area contributed by atoms with Crippen molar-refractivity contribution in [2.45, 2.75) is 64.0 Å². The zero-order valence-electron chi connectivity index (χ0n) is 11.3. The topological polar surface area (TPSA) is 54.0 Å². The summed E-state index contributed by atoms with van der Waals surface area (Å²) in [6.45, 7) is 7.96. The first kappa shape index (κ1) is 12.5. The highest BCUT2D eigenvalue weighted by atomic mass is 16.8. The van der Waals surface area contributed by atoms with Gasteiger partial charge in [0, 0.05) is 12.3 Å². The van der Waals surface area contributed by atoms with Crippen LogP contribution in [0.3, 0.4) is 0 Å². The fraction of sp³-hybridized carbons (Fsp3) is 0.923. The average Bonchev–Trinajstić information content (AvgIpc) is 2.81. The molecule has 18 heavy (non-hydrogen) atoms. The first-order valence-electron chi connectivity index (χ1n) is 6.48. The summed E-state index contributed by atoms with van der Waals surface area (Å²) in [7, 11) is 0. The number of hydrogen-bond acceptors (Lipinski definition) is 5. The molecule has 5 heteroatoms. The number of hydrogen-bond donors (Lipinski definition) is 0. The number of ether oxygens (including phenoxy) is 4. The quantitative estimate of drug-likeness (QED) is 0.706. The molecular formula is C13H20O5. The molecule has 3 fully saturated rings. The molecule has 3 aliphatic rings. The van der Waals surface area contributed by atoms with Crippen LogP contribution in [0.25, 0.3) is 0 Å². The van der Waals surface area contributed by atoms with Crippen molar-refractivity contribution in [1.82, 2.24) is 0 Å². The molecule has 1 saturated carbocycles. The molecule has 0 radical (unpaired) electrons. The van der Waals surface area contributed by atoms with Crippen LogP contribution in [0, 0.1) is 5.92 Å². The lowest BCUT2D eigenvalue weighted by atomic mass is 9.99. The van der Waals surface area contributed by atoms with Gasteiger partial charge in [-0.05, 0) is 27.7 Å². The summed E-state index contributed by atoms with van der Waals surface area (Å²) < 4.78 is 22.9. The van der Waals surface area contributed by atoms with E-state index in [2.05, 4.69) is 0 Å². The maximum atomic E-state index is 12.0. The van der Waals surface area contributed by atoms with Crippen LogP contribution in [0.5, 0.6) is 0 Å². The summed E-state index contributed by atoms with van der Waals surface area (Å²) in [6, 6.07) is 0. The van der Waals surface area contributed by atoms with Crippen LogP contribution in [0.2, 0.25) is 0 Å². The molecule has 1 unspecified atom stereocenters. The van der Waals surface area contributed by atoms with Crippen LogP contribution < -0.4 is 0 Å². The monoisotopic (exact) mass is 256 g/mol. The SMILES string of the molecule is CC1(C)OC[C@H](C2CC(=O)[C@@H]3OC(C)(C)O[C@H]23)O1. The molecule has 0 N–H and O–H groups in total. The van der Waals surface area contributed by atoms with Gasteiger partial charge in [0.2, 0.25) is 0 Å². The van der Waals surface area contributed by atoms with Crippen molar-refractivity contribution in [1.29, 1.82) is 0 Å². The van der Waals surface area contributed by atoms with Gasteiger partial charge in [-0.2, -0.15) is 0 Å². The second-order valence-electron chi connectivity index (χ2n) is 6.22. The minimum Gasteiger partial charge on any atom is -0.348 e. The first-order chi connectivity index (χ1) is 8.27. The minimum atomic E-state index is -0.682. The van der Waals surface area contributed by atoms with Gasteiger partial charge in [0.05, 0.1) is 12.7 Å². The lowest BCUT2D eigenvalue weighted by Crippen LogP contribution is -2.35. The minimum absolute atomic E-state index is 0.0334. The highest BCUT2D eigenvalue weighted by molar-refractivity contribution is 5.87. The summed E-state index contributed by atoms with van der Waals surface area (Å²) in [4.78, 5) is 12.0. The lowest BCUT2D eigenvalue weighted by Gasteiger charge is -2.25. The van der Waals surface area contributed by atoms with E-state index in [1.807, 2.05) is 27.7 Å². The van der Waals surface area contributed by atoms with Crippen LogP contribution in [-0.4, -0.2) is 42.3 Å². The molecule has 0 amide bonds. The van der Waals surface area contributed by atoms with E-state index in [-0.39, 0.29) is 23.9 Å². The van der Waals surface area contributed by atoms with Gasteiger partial charge in [-0.15, -0.1) is 0 Å². The zero-order valence-corrected chi connectivity index (χ0v) is 11.3. The molecule has 2 saturated heterocycles. The van der Waals surface area contributed by atoms with Crippen molar-refractivity contribution in [2.24, 2.45) is 5.92 Å². The number of Topliss-reactive ketones (excluding diaryl/α,β-unsaturated/α-hetero) is 1. The Morgan fingerprint density at radius 1 is 1.06 bits per heavy atom. The fourth-order valence-electron chi connectivity index (χ4n) is 3.08. The average molecular weight is 256 g/mol. The van der Waals surface area contributed by atoms with Gasteiger partial charge in [0.1, 0.15) is 12.2 Å². The first-order valence-corrected chi connectivity index (χ1v) is 6.48. The van der Waals surface area contributed by atoms with Gasteiger partial charge in [0.25, 0.3) is 0 Å². The largest absolute Gasteiger partial charge is 0.348 e. The Morgan fingerprint density at radius 3 is 2.39 bits per heavy atom. The molecule has 5 nitrogen and oxygen atoms in total. The molecule has 0 aromatic heterocycles. The van der Waals surface area contributed by atoms with Crippen molar-refractivity contribution in [3.63, 3.8) is 0 Å². The Bertz CT molecular complexity index is 376. The molecule has 2 aliphatic heterocycles. The third-order valence-electron chi connectivity index (χ3n) is 3.81. The van der Waals surface area contributed by atoms with Crippen molar-refractivity contribution >= 4 is 5.78 Å². The van der Waals surface area contributed by atoms with Crippen LogP contribution in [0.15, 0.2) is 0 Å². The maximum Gasteiger partial charge on any atom is 0.164 e. The van der Waals surface area contributed by atoms with E-state index in [0.29, 0.717) is 13.0 Å². The molecule has 1 aliphatic carbocycles. The van der Waals surface area contributed by atoms with Crippen LogP contribution in [-0.2, 0) is 23.7 Å². The molecule has 3 rings (SSSR count). The van der Waals surface area contributed by atoms with Crippen molar-refractivity contribution in [3.05, 3.63) is 0 Å². The van der Waals surface area contributed by atoms with Crippen molar-refractivity contribution in [2.75, 3.05) is 6.61 Å². The highest BCUT2D eigenvalue weighted by Crippen LogP contribution is 2.43. The van der Waals surface area contributed by atoms with E-state index < -0.39 is 17.7 Å². The molecule has 0 aromatic carbocycles. The Morgan fingerprint density at radius 2 is 1.78 bits per heavy atom. The van der Waals surface area contributed by atoms with Gasteiger partial charge in [-0.3, -0.25) is 4.79 Å². The summed E-state index contributed by atoms with van der Waals surface area (Å²) in [6.07, 6.45) is -0.265. The van der Waals surface area contributed by atoms with E-state index in [1.54, 1.807) is 0 Å². The second kappa shape index (κ2) is 3.76. The predicted molar refractivity (Wildman–Crippen MR) is 61.8 cm³/mol. The molecule has 0 bridgehead atoms. The number of fused-ring (bicyclic) bond motifs is 1. The second-order valence-corrected chi connectivity index (χ2v) is 6.22. The van der Waals surface area contributed by atoms with Crippen LogP contribution in [0.4, 0.5) is 0 Å². The number of carbonyl (C=O) groups excluding carboxylic acids is 1. The van der Waals surface area contributed by atoms with E-state index in [0.717, 1.165) is 0 Å². The molecule has 2 heterocycles. The normalized spacial score (nSPS) is 45.4. The third kappa shape index (κ3) is 1.99. The van der Waals surface area contributed by atoms with Gasteiger partial charge in [-0.25, -0.2) is 0 Å². The van der Waals surface area contributed by atoms with Crippen LogP contribution >= 0.6 is 0 Å². The molecule has 0 spiro atoms. The van der Waals surface area contributed by atoms with E-state index in [1.165, 1.54) is 0 Å². The predicted octanol–water partition coefficient (Wildman–Crippen LogP) is 1.25. The zero-order chi connectivity index (χ0) is 13.1.